The highest BCUT2D eigenvalue weighted by atomic mass is 35.5. The summed E-state index contributed by atoms with van der Waals surface area (Å²) in [5.74, 6) is 0.348. The number of rotatable bonds is 2. The van der Waals surface area contributed by atoms with E-state index in [4.69, 9.17) is 11.6 Å². The summed E-state index contributed by atoms with van der Waals surface area (Å²) in [6.07, 6.45) is 2.96. The lowest BCUT2D eigenvalue weighted by molar-refractivity contribution is 0.102. The molecule has 0 aliphatic carbocycles. The van der Waals surface area contributed by atoms with Crippen LogP contribution < -0.4 is 5.32 Å². The molecule has 0 spiro atoms. The fourth-order valence-corrected chi connectivity index (χ4v) is 1.68. The van der Waals surface area contributed by atoms with Crippen molar-refractivity contribution >= 4 is 23.3 Å². The lowest BCUT2D eigenvalue weighted by Gasteiger charge is -2.05. The number of aromatic nitrogens is 3. The average molecular weight is 251 g/mol. The minimum absolute atomic E-state index is 0.277. The number of nitrogens with zero attached hydrogens (tertiary/aromatic N) is 3. The third-order valence-corrected chi connectivity index (χ3v) is 2.56. The van der Waals surface area contributed by atoms with Gasteiger partial charge in [0.25, 0.3) is 5.91 Å². The molecule has 2 rings (SSSR count). The summed E-state index contributed by atoms with van der Waals surface area (Å²) in [6.45, 7) is 1.86. The monoisotopic (exact) mass is 250 g/mol. The first-order chi connectivity index (χ1) is 8.08. The van der Waals surface area contributed by atoms with Gasteiger partial charge in [-0.15, -0.1) is 0 Å². The van der Waals surface area contributed by atoms with Gasteiger partial charge < -0.3 is 5.32 Å². The van der Waals surface area contributed by atoms with Crippen LogP contribution in [0.15, 0.2) is 24.5 Å². The number of amides is 1. The minimum atomic E-state index is -0.277. The number of hydrogen-bond donors (Lipinski definition) is 1. The van der Waals surface area contributed by atoms with Crippen molar-refractivity contribution in [2.24, 2.45) is 7.05 Å². The molecule has 0 radical (unpaired) electrons. The molecule has 1 amide bonds. The molecule has 0 saturated heterocycles. The van der Waals surface area contributed by atoms with E-state index in [0.717, 1.165) is 5.69 Å². The van der Waals surface area contributed by atoms with Crippen LogP contribution in [0, 0.1) is 6.92 Å². The van der Waals surface area contributed by atoms with Crippen molar-refractivity contribution in [1.29, 1.82) is 0 Å². The molecule has 17 heavy (non-hydrogen) atoms. The standard InChI is InChI=1S/C11H11ClN4O/c1-7-5-10(16(2)15-7)14-11(17)8-3-4-13-6-9(8)12/h3-6H,1-2H3,(H,14,17). The molecular weight excluding hydrogens is 240 g/mol. The summed E-state index contributed by atoms with van der Waals surface area (Å²) in [4.78, 5) is 15.8. The molecule has 0 aliphatic rings. The summed E-state index contributed by atoms with van der Waals surface area (Å²) in [5.41, 5.74) is 1.23. The number of aryl methyl sites for hydroxylation is 2. The molecule has 2 aromatic heterocycles. The molecule has 2 heterocycles. The molecule has 1 N–H and O–H groups in total. The predicted octanol–water partition coefficient (Wildman–Crippen LogP) is 2.03. The van der Waals surface area contributed by atoms with Crippen LogP contribution in [0.4, 0.5) is 5.82 Å². The van der Waals surface area contributed by atoms with Gasteiger partial charge in [0.2, 0.25) is 0 Å². The number of halogens is 1. The van der Waals surface area contributed by atoms with Gasteiger partial charge >= 0.3 is 0 Å². The lowest BCUT2D eigenvalue weighted by Crippen LogP contribution is -2.15. The Bertz CT molecular complexity index is 564. The molecule has 0 bridgehead atoms. The van der Waals surface area contributed by atoms with Crippen LogP contribution in [-0.4, -0.2) is 20.7 Å². The van der Waals surface area contributed by atoms with Crippen LogP contribution in [-0.2, 0) is 7.05 Å². The van der Waals surface area contributed by atoms with Gasteiger partial charge in [-0.2, -0.15) is 5.10 Å². The summed E-state index contributed by atoms with van der Waals surface area (Å²) in [5, 5.41) is 7.20. The Balaban J connectivity index is 2.23. The summed E-state index contributed by atoms with van der Waals surface area (Å²) >= 11 is 5.88. The maximum Gasteiger partial charge on any atom is 0.258 e. The van der Waals surface area contributed by atoms with E-state index in [-0.39, 0.29) is 5.91 Å². The highest BCUT2D eigenvalue weighted by Gasteiger charge is 2.12. The highest BCUT2D eigenvalue weighted by Crippen LogP contribution is 2.16. The average Bonchev–Trinajstić information content (AvgIpc) is 2.58. The third-order valence-electron chi connectivity index (χ3n) is 2.26. The van der Waals surface area contributed by atoms with Crippen LogP contribution in [0.5, 0.6) is 0 Å². The molecule has 88 valence electrons. The van der Waals surface area contributed by atoms with Crippen molar-refractivity contribution in [3.63, 3.8) is 0 Å². The van der Waals surface area contributed by atoms with Crippen molar-refractivity contribution in [3.05, 3.63) is 40.8 Å². The molecule has 0 aliphatic heterocycles. The van der Waals surface area contributed by atoms with Gasteiger partial charge in [-0.25, -0.2) is 0 Å². The molecule has 0 saturated carbocycles. The summed E-state index contributed by atoms with van der Waals surface area (Å²) in [6, 6.07) is 3.36. The molecule has 2 aromatic rings. The van der Waals surface area contributed by atoms with Crippen LogP contribution in [0.1, 0.15) is 16.1 Å². The van der Waals surface area contributed by atoms with E-state index in [1.807, 2.05) is 6.92 Å². The lowest BCUT2D eigenvalue weighted by atomic mass is 10.2. The van der Waals surface area contributed by atoms with Gasteiger partial charge in [0.05, 0.1) is 16.3 Å². The maximum atomic E-state index is 11.9. The van der Waals surface area contributed by atoms with Crippen molar-refractivity contribution in [3.8, 4) is 0 Å². The van der Waals surface area contributed by atoms with E-state index in [1.54, 1.807) is 23.9 Å². The van der Waals surface area contributed by atoms with Crippen molar-refractivity contribution in [2.75, 3.05) is 5.32 Å². The second-order valence-corrected chi connectivity index (χ2v) is 4.01. The van der Waals surface area contributed by atoms with Crippen LogP contribution >= 0.6 is 11.6 Å². The zero-order valence-electron chi connectivity index (χ0n) is 9.44. The first-order valence-corrected chi connectivity index (χ1v) is 5.37. The number of hydrogen-bond acceptors (Lipinski definition) is 3. The fraction of sp³-hybridized carbons (Fsp3) is 0.182. The van der Waals surface area contributed by atoms with Crippen molar-refractivity contribution < 1.29 is 4.79 Å². The molecule has 0 atom stereocenters. The number of pyridine rings is 1. The summed E-state index contributed by atoms with van der Waals surface area (Å²) in [7, 11) is 1.76. The Labute approximate surface area is 103 Å². The number of anilines is 1. The van der Waals surface area contributed by atoms with E-state index < -0.39 is 0 Å². The third kappa shape index (κ3) is 2.45. The van der Waals surface area contributed by atoms with E-state index >= 15 is 0 Å². The van der Waals surface area contributed by atoms with Crippen molar-refractivity contribution in [1.82, 2.24) is 14.8 Å². The van der Waals surface area contributed by atoms with E-state index in [2.05, 4.69) is 15.4 Å². The van der Waals surface area contributed by atoms with E-state index in [0.29, 0.717) is 16.4 Å². The van der Waals surface area contributed by atoms with Crippen LogP contribution in [0.2, 0.25) is 5.02 Å². The van der Waals surface area contributed by atoms with Gasteiger partial charge in [0.1, 0.15) is 5.82 Å². The number of carbonyl (C=O) groups excluding carboxylic acids is 1. The SMILES string of the molecule is Cc1cc(NC(=O)c2ccncc2Cl)n(C)n1. The maximum absolute atomic E-state index is 11.9. The highest BCUT2D eigenvalue weighted by molar-refractivity contribution is 6.34. The zero-order chi connectivity index (χ0) is 12.4. The second kappa shape index (κ2) is 4.55. The normalized spacial score (nSPS) is 10.3. The topological polar surface area (TPSA) is 59.8 Å². The zero-order valence-corrected chi connectivity index (χ0v) is 10.2. The molecular formula is C11H11ClN4O. The van der Waals surface area contributed by atoms with Crippen LogP contribution in [0.25, 0.3) is 0 Å². The van der Waals surface area contributed by atoms with Crippen molar-refractivity contribution in [2.45, 2.75) is 6.92 Å². The Hall–Kier alpha value is -1.88. The van der Waals surface area contributed by atoms with Crippen LogP contribution in [0.3, 0.4) is 0 Å². The summed E-state index contributed by atoms with van der Waals surface area (Å²) < 4.78 is 1.60. The number of carbonyl (C=O) groups is 1. The Kier molecular flexibility index (Phi) is 3.10. The van der Waals surface area contributed by atoms with E-state index in [1.165, 1.54) is 12.4 Å². The van der Waals surface area contributed by atoms with E-state index in [9.17, 15) is 4.79 Å². The quantitative estimate of drug-likeness (QED) is 0.887. The fourth-order valence-electron chi connectivity index (χ4n) is 1.47. The van der Waals surface area contributed by atoms with Gasteiger partial charge in [0, 0.05) is 25.5 Å². The second-order valence-electron chi connectivity index (χ2n) is 3.60. The molecule has 6 heteroatoms. The Morgan fingerprint density at radius 1 is 1.53 bits per heavy atom. The molecule has 0 fully saturated rings. The first-order valence-electron chi connectivity index (χ1n) is 4.99. The largest absolute Gasteiger partial charge is 0.307 e. The minimum Gasteiger partial charge on any atom is -0.307 e. The number of nitrogens with one attached hydrogen (secondary N) is 1. The Morgan fingerprint density at radius 2 is 2.29 bits per heavy atom. The molecule has 5 nitrogen and oxygen atoms in total. The van der Waals surface area contributed by atoms with Gasteiger partial charge in [0.15, 0.2) is 0 Å². The van der Waals surface area contributed by atoms with Gasteiger partial charge in [-0.1, -0.05) is 11.6 Å². The molecule has 0 unspecified atom stereocenters. The van der Waals surface area contributed by atoms with Gasteiger partial charge in [-0.3, -0.25) is 14.5 Å². The Morgan fingerprint density at radius 3 is 2.88 bits per heavy atom. The smallest absolute Gasteiger partial charge is 0.258 e. The first kappa shape index (κ1) is 11.6. The molecule has 0 aromatic carbocycles. The van der Waals surface area contributed by atoms with Gasteiger partial charge in [-0.05, 0) is 13.0 Å². The predicted molar refractivity (Wildman–Crippen MR) is 65.1 cm³/mol.